The molecule has 0 aliphatic heterocycles. The summed E-state index contributed by atoms with van der Waals surface area (Å²) < 4.78 is 0. The van der Waals surface area contributed by atoms with Crippen LogP contribution < -0.4 is 12.4 Å². The summed E-state index contributed by atoms with van der Waals surface area (Å²) in [4.78, 5) is 0. The Hall–Kier alpha value is -0.907. The van der Waals surface area contributed by atoms with Gasteiger partial charge in [-0.3, -0.25) is 0 Å². The molecule has 2 aliphatic carbocycles. The van der Waals surface area contributed by atoms with Crippen LogP contribution in [0.25, 0.3) is 12.2 Å². The van der Waals surface area contributed by atoms with E-state index in [4.69, 9.17) is 0 Å². The van der Waals surface area contributed by atoms with Crippen LogP contribution >= 0.6 is 0 Å². The molecule has 0 saturated carbocycles. The molecule has 0 fully saturated rings. The molecule has 2 atom stereocenters. The largest absolute Gasteiger partial charge is 3.00 e. The molecule has 2 aromatic carbocycles. The fourth-order valence-electron chi connectivity index (χ4n) is 3.65. The number of halogens is 1. The van der Waals surface area contributed by atoms with Crippen LogP contribution in [0.1, 0.15) is 40.5 Å². The average Bonchev–Trinajstić information content (AvgIpc) is 3.14. The third-order valence-electron chi connectivity index (χ3n) is 4.69. The minimum Gasteiger partial charge on any atom is -1.00 e. The molecule has 2 aromatic rings. The maximum atomic E-state index is 4.22. The zero-order valence-corrected chi connectivity index (χ0v) is 16.1. The Morgan fingerprint density at radius 2 is 1.22 bits per heavy atom. The van der Waals surface area contributed by atoms with Crippen molar-refractivity contribution in [1.82, 2.24) is 0 Å². The molecule has 0 amide bonds. The first kappa shape index (κ1) is 18.4. The maximum absolute atomic E-state index is 4.22. The molecule has 2 unspecified atom stereocenters. The minimum absolute atomic E-state index is 0. The zero-order valence-electron chi connectivity index (χ0n) is 12.9. The Kier molecular flexibility index (Phi) is 6.23. The second kappa shape index (κ2) is 7.78. The molecule has 0 saturated heterocycles. The summed E-state index contributed by atoms with van der Waals surface area (Å²) in [6.07, 6.45) is 10.0. The van der Waals surface area contributed by atoms with Gasteiger partial charge in [0.05, 0.1) is 0 Å². The van der Waals surface area contributed by atoms with Crippen LogP contribution in [0.5, 0.6) is 0 Å². The van der Waals surface area contributed by atoms with Gasteiger partial charge in [-0.2, -0.15) is 0 Å². The Labute approximate surface area is 164 Å². The summed E-state index contributed by atoms with van der Waals surface area (Å²) in [6, 6.07) is 17.4. The smallest absolute Gasteiger partial charge is 1.00 e. The number of benzene rings is 2. The molecule has 0 spiro atoms. The minimum atomic E-state index is 0. The maximum Gasteiger partial charge on any atom is 3.00 e. The monoisotopic (exact) mass is 395 g/mol. The van der Waals surface area contributed by atoms with Crippen molar-refractivity contribution in [3.05, 3.63) is 95.8 Å². The standard InChI is InChI=1S/C21H18.ClH.Zr/c1-2-17(20-13-11-15-7-3-5-9-18(15)20)21-14-12-16-8-4-6-10-19(16)21;;/h3-14,20-21H,1-2H2;1H;/q-2;;+3/p-1. The van der Waals surface area contributed by atoms with Gasteiger partial charge in [0.2, 0.25) is 0 Å². The summed E-state index contributed by atoms with van der Waals surface area (Å²) in [5.41, 5.74) is 5.55. The van der Waals surface area contributed by atoms with E-state index in [0.29, 0.717) is 11.8 Å². The van der Waals surface area contributed by atoms with Crippen molar-refractivity contribution in [3.8, 4) is 0 Å². The number of rotatable bonds is 3. The van der Waals surface area contributed by atoms with Crippen LogP contribution in [0.2, 0.25) is 0 Å². The second-order valence-corrected chi connectivity index (χ2v) is 5.76. The topological polar surface area (TPSA) is 0 Å². The fourth-order valence-corrected chi connectivity index (χ4v) is 3.65. The predicted octanol–water partition coefficient (Wildman–Crippen LogP) is 2.41. The first-order valence-electron chi connectivity index (χ1n) is 7.57. The molecular weight excluding hydrogens is 379 g/mol. The molecule has 0 bridgehead atoms. The molecule has 2 heteroatoms. The molecule has 2 aliphatic rings. The molecular formula is C21H18ClZr. The average molecular weight is 397 g/mol. The van der Waals surface area contributed by atoms with Gasteiger partial charge in [-0.1, -0.05) is 71.8 Å². The predicted molar refractivity (Wildman–Crippen MR) is 89.7 cm³/mol. The molecule has 0 nitrogen and oxygen atoms in total. The normalized spacial score (nSPS) is 19.9. The van der Waals surface area contributed by atoms with Crippen LogP contribution in [-0.2, 0) is 26.2 Å². The first-order valence-corrected chi connectivity index (χ1v) is 7.57. The van der Waals surface area contributed by atoms with Crippen molar-refractivity contribution in [1.29, 1.82) is 0 Å². The quantitative estimate of drug-likeness (QED) is 0.699. The van der Waals surface area contributed by atoms with Gasteiger partial charge in [-0.25, -0.2) is 0 Å². The van der Waals surface area contributed by atoms with Crippen molar-refractivity contribution in [2.45, 2.75) is 18.3 Å². The molecule has 23 heavy (non-hydrogen) atoms. The second-order valence-electron chi connectivity index (χ2n) is 5.76. The fraction of sp³-hybridized carbons (Fsp3) is 0.143. The van der Waals surface area contributed by atoms with Crippen LogP contribution in [0.3, 0.4) is 0 Å². The molecule has 4 rings (SSSR count). The Bertz CT molecular complexity index is 671. The summed E-state index contributed by atoms with van der Waals surface area (Å²) in [5.74, 6) is 2.30. The molecule has 0 N–H and O–H groups in total. The van der Waals surface area contributed by atoms with Gasteiger partial charge in [0.15, 0.2) is 0 Å². The van der Waals surface area contributed by atoms with E-state index in [-0.39, 0.29) is 38.6 Å². The summed E-state index contributed by atoms with van der Waals surface area (Å²) in [6.45, 7) is 4.22. The summed E-state index contributed by atoms with van der Waals surface area (Å²) >= 11 is 0. The summed E-state index contributed by atoms with van der Waals surface area (Å²) in [5, 5.41) is 0. The van der Waals surface area contributed by atoms with Gasteiger partial charge < -0.3 is 31.7 Å². The molecule has 1 radical (unpaired) electrons. The zero-order chi connectivity index (χ0) is 14.2. The van der Waals surface area contributed by atoms with Gasteiger partial charge in [0.1, 0.15) is 0 Å². The van der Waals surface area contributed by atoms with Gasteiger partial charge in [0.25, 0.3) is 0 Å². The van der Waals surface area contributed by atoms with Gasteiger partial charge in [-0.15, -0.1) is 24.0 Å². The number of hydrogen-bond acceptors (Lipinski definition) is 0. The first-order chi connectivity index (χ1) is 10.4. The number of hydrogen-bond donors (Lipinski definition) is 0. The van der Waals surface area contributed by atoms with Crippen molar-refractivity contribution in [3.63, 3.8) is 0 Å². The van der Waals surface area contributed by atoms with E-state index >= 15 is 0 Å². The summed E-state index contributed by atoms with van der Waals surface area (Å²) in [7, 11) is 0. The van der Waals surface area contributed by atoms with E-state index in [1.54, 1.807) is 0 Å². The van der Waals surface area contributed by atoms with Crippen LogP contribution in [-0.4, -0.2) is 0 Å². The van der Waals surface area contributed by atoms with Crippen molar-refractivity contribution < 1.29 is 38.6 Å². The van der Waals surface area contributed by atoms with E-state index in [1.165, 1.54) is 28.2 Å². The van der Waals surface area contributed by atoms with E-state index in [1.807, 2.05) is 0 Å². The van der Waals surface area contributed by atoms with E-state index < -0.39 is 0 Å². The van der Waals surface area contributed by atoms with E-state index in [0.717, 1.165) is 6.42 Å². The van der Waals surface area contributed by atoms with Gasteiger partial charge in [-0.05, 0) is 11.1 Å². The van der Waals surface area contributed by atoms with Gasteiger partial charge in [0, 0.05) is 0 Å². The van der Waals surface area contributed by atoms with Crippen LogP contribution in [0, 0.1) is 12.8 Å². The number of allylic oxidation sites excluding steroid dienone is 2. The molecule has 0 aromatic heterocycles. The van der Waals surface area contributed by atoms with E-state index in [2.05, 4.69) is 79.8 Å². The molecule has 0 heterocycles. The van der Waals surface area contributed by atoms with E-state index in [9.17, 15) is 0 Å². The van der Waals surface area contributed by atoms with Crippen LogP contribution in [0.4, 0.5) is 0 Å². The van der Waals surface area contributed by atoms with Crippen molar-refractivity contribution in [2.24, 2.45) is 0 Å². The van der Waals surface area contributed by atoms with Crippen molar-refractivity contribution in [2.75, 3.05) is 0 Å². The third-order valence-corrected chi connectivity index (χ3v) is 4.69. The van der Waals surface area contributed by atoms with Crippen molar-refractivity contribution >= 4 is 12.2 Å². The number of fused-ring (bicyclic) bond motifs is 2. The third kappa shape index (κ3) is 3.19. The van der Waals surface area contributed by atoms with Crippen LogP contribution in [0.15, 0.2) is 60.7 Å². The molecule has 113 valence electrons. The Morgan fingerprint density at radius 3 is 1.65 bits per heavy atom. The SMILES string of the molecule is [CH2-]C[C-](C1C=Cc2ccccc21)C1C=Cc2ccccc21.[Cl-].[Zr+3]. The Morgan fingerprint density at radius 1 is 0.783 bits per heavy atom. The Balaban J connectivity index is 0.000000960. The van der Waals surface area contributed by atoms with Gasteiger partial charge >= 0.3 is 26.2 Å².